The van der Waals surface area contributed by atoms with Crippen molar-refractivity contribution in [3.63, 3.8) is 0 Å². The van der Waals surface area contributed by atoms with Crippen LogP contribution in [0.2, 0.25) is 0 Å². The van der Waals surface area contributed by atoms with E-state index in [2.05, 4.69) is 32.3 Å². The van der Waals surface area contributed by atoms with Gasteiger partial charge in [0.15, 0.2) is 5.65 Å². The summed E-state index contributed by atoms with van der Waals surface area (Å²) in [6.45, 7) is 4.06. The van der Waals surface area contributed by atoms with E-state index in [1.54, 1.807) is 30.2 Å². The molecule has 144 valence electrons. The van der Waals surface area contributed by atoms with Crippen LogP contribution in [0.3, 0.4) is 0 Å². The van der Waals surface area contributed by atoms with Crippen molar-refractivity contribution in [2.45, 2.75) is 32.7 Å². The van der Waals surface area contributed by atoms with Gasteiger partial charge in [0.2, 0.25) is 0 Å². The summed E-state index contributed by atoms with van der Waals surface area (Å²) in [5, 5.41) is 8.24. The van der Waals surface area contributed by atoms with Gasteiger partial charge in [0.25, 0.3) is 5.91 Å². The van der Waals surface area contributed by atoms with Crippen molar-refractivity contribution in [3.8, 4) is 11.4 Å². The summed E-state index contributed by atoms with van der Waals surface area (Å²) in [7, 11) is 1.75. The van der Waals surface area contributed by atoms with Gasteiger partial charge in [-0.3, -0.25) is 9.48 Å². The summed E-state index contributed by atoms with van der Waals surface area (Å²) in [6, 6.07) is 4.58. The van der Waals surface area contributed by atoms with Crippen molar-refractivity contribution in [2.75, 3.05) is 0 Å². The first-order valence-electron chi connectivity index (χ1n) is 9.25. The van der Waals surface area contributed by atoms with E-state index >= 15 is 0 Å². The number of halogens is 1. The maximum Gasteiger partial charge on any atom is 0.255 e. The number of nitrogens with one attached hydrogen (secondary N) is 2. The Labute approximate surface area is 161 Å². The Morgan fingerprint density at radius 2 is 2.21 bits per heavy atom. The van der Waals surface area contributed by atoms with Gasteiger partial charge in [-0.05, 0) is 31.5 Å². The van der Waals surface area contributed by atoms with Crippen LogP contribution in [0.25, 0.3) is 33.5 Å². The first kappa shape index (κ1) is 18.1. The predicted octanol–water partition coefficient (Wildman–Crippen LogP) is 3.57. The number of carbonyl (C=O) groups excluding carboxylic acids is 1. The molecule has 4 aromatic rings. The van der Waals surface area contributed by atoms with Gasteiger partial charge in [-0.25, -0.2) is 14.4 Å². The average Bonchev–Trinajstić information content (AvgIpc) is 3.22. The summed E-state index contributed by atoms with van der Waals surface area (Å²) in [4.78, 5) is 24.7. The summed E-state index contributed by atoms with van der Waals surface area (Å²) in [5.74, 6) is -0.513. The van der Waals surface area contributed by atoms with E-state index in [9.17, 15) is 9.18 Å². The van der Waals surface area contributed by atoms with Gasteiger partial charge < -0.3 is 10.3 Å². The first-order chi connectivity index (χ1) is 13.5. The fraction of sp³-hybridized carbons (Fsp3) is 0.300. The highest BCUT2D eigenvalue weighted by atomic mass is 19.1. The monoisotopic (exact) mass is 380 g/mol. The minimum atomic E-state index is -0.325. The molecule has 0 saturated heterocycles. The number of rotatable bonds is 5. The molecule has 28 heavy (non-hydrogen) atoms. The molecule has 8 heteroatoms. The molecule has 2 N–H and O–H groups in total. The number of hydrogen-bond donors (Lipinski definition) is 2. The molecule has 3 aromatic heterocycles. The van der Waals surface area contributed by atoms with Crippen molar-refractivity contribution in [1.82, 2.24) is 30.0 Å². The highest BCUT2D eigenvalue weighted by Crippen LogP contribution is 2.28. The second-order valence-electron chi connectivity index (χ2n) is 6.95. The molecule has 1 amide bonds. The van der Waals surface area contributed by atoms with Crippen molar-refractivity contribution in [2.24, 2.45) is 7.05 Å². The summed E-state index contributed by atoms with van der Waals surface area (Å²) in [5.41, 5.74) is 3.25. The van der Waals surface area contributed by atoms with Crippen LogP contribution >= 0.6 is 0 Å². The van der Waals surface area contributed by atoms with Crippen molar-refractivity contribution >= 4 is 28.0 Å². The third-order valence-electron chi connectivity index (χ3n) is 4.78. The van der Waals surface area contributed by atoms with E-state index in [0.29, 0.717) is 33.6 Å². The molecule has 0 aliphatic heterocycles. The second kappa shape index (κ2) is 7.03. The smallest absolute Gasteiger partial charge is 0.255 e. The van der Waals surface area contributed by atoms with Crippen LogP contribution in [0.15, 0.2) is 30.6 Å². The van der Waals surface area contributed by atoms with E-state index in [0.717, 1.165) is 18.2 Å². The second-order valence-corrected chi connectivity index (χ2v) is 6.95. The van der Waals surface area contributed by atoms with E-state index in [4.69, 9.17) is 0 Å². The van der Waals surface area contributed by atoms with E-state index in [1.807, 2.05) is 6.92 Å². The van der Waals surface area contributed by atoms with Crippen LogP contribution < -0.4 is 5.32 Å². The summed E-state index contributed by atoms with van der Waals surface area (Å²) in [6.07, 6.45) is 5.12. The number of benzene rings is 1. The van der Waals surface area contributed by atoms with Crippen molar-refractivity contribution in [3.05, 3.63) is 42.0 Å². The molecule has 0 bridgehead atoms. The molecule has 3 heterocycles. The van der Waals surface area contributed by atoms with Gasteiger partial charge in [-0.15, -0.1) is 0 Å². The molecule has 1 atom stereocenters. The zero-order chi connectivity index (χ0) is 19.8. The van der Waals surface area contributed by atoms with Crippen LogP contribution in [0, 0.1) is 5.82 Å². The lowest BCUT2D eigenvalue weighted by Gasteiger charge is -2.11. The Morgan fingerprint density at radius 1 is 1.39 bits per heavy atom. The highest BCUT2D eigenvalue weighted by molar-refractivity contribution is 6.05. The van der Waals surface area contributed by atoms with Gasteiger partial charge in [0.05, 0.1) is 17.3 Å². The molecule has 0 fully saturated rings. The lowest BCUT2D eigenvalue weighted by atomic mass is 10.1. The topological polar surface area (TPSA) is 88.5 Å². The molecule has 0 saturated carbocycles. The summed E-state index contributed by atoms with van der Waals surface area (Å²) < 4.78 is 15.2. The lowest BCUT2D eigenvalue weighted by Crippen LogP contribution is -2.32. The lowest BCUT2D eigenvalue weighted by molar-refractivity contribution is 0.0940. The quantitative estimate of drug-likeness (QED) is 0.554. The molecule has 7 nitrogen and oxygen atoms in total. The normalized spacial score (nSPS) is 12.6. The molecule has 1 unspecified atom stereocenters. The number of fused-ring (bicyclic) bond motifs is 2. The zero-order valence-electron chi connectivity index (χ0n) is 16.0. The molecule has 0 aliphatic carbocycles. The van der Waals surface area contributed by atoms with Crippen LogP contribution in [0.5, 0.6) is 0 Å². The minimum absolute atomic E-state index is 0.0771. The average molecular weight is 380 g/mol. The molecule has 0 radical (unpaired) electrons. The Morgan fingerprint density at radius 3 is 3.00 bits per heavy atom. The van der Waals surface area contributed by atoms with E-state index < -0.39 is 0 Å². The Kier molecular flexibility index (Phi) is 4.54. The van der Waals surface area contributed by atoms with E-state index in [-0.39, 0.29) is 17.8 Å². The highest BCUT2D eigenvalue weighted by Gasteiger charge is 2.19. The van der Waals surface area contributed by atoms with Gasteiger partial charge >= 0.3 is 0 Å². The molecular formula is C20H21FN6O. The Balaban J connectivity index is 1.77. The standard InChI is InChI=1S/C20H21FN6O/c1-4-5-11(2)24-20(28)14-9-22-19-18(14)25-15(10-23-19)17-13-7-6-12(21)8-16(13)27(3)26-17/h6-11H,4-5H2,1-3H3,(H,22,23)(H,24,28). The number of aromatic nitrogens is 5. The Bertz CT molecular complexity index is 1180. The fourth-order valence-corrected chi connectivity index (χ4v) is 3.41. The number of amides is 1. The number of H-pyrrole nitrogens is 1. The largest absolute Gasteiger partial charge is 0.349 e. The number of aryl methyl sites for hydroxylation is 1. The van der Waals surface area contributed by atoms with E-state index in [1.165, 1.54) is 12.1 Å². The maximum atomic E-state index is 13.6. The van der Waals surface area contributed by atoms with Crippen molar-refractivity contribution < 1.29 is 9.18 Å². The fourth-order valence-electron chi connectivity index (χ4n) is 3.41. The van der Waals surface area contributed by atoms with Gasteiger partial charge in [0.1, 0.15) is 22.7 Å². The summed E-state index contributed by atoms with van der Waals surface area (Å²) >= 11 is 0. The first-order valence-corrected chi connectivity index (χ1v) is 9.25. The molecule has 0 aliphatic rings. The third-order valence-corrected chi connectivity index (χ3v) is 4.78. The number of carbonyl (C=O) groups is 1. The molecule has 0 spiro atoms. The van der Waals surface area contributed by atoms with Crippen LogP contribution in [-0.2, 0) is 7.05 Å². The number of hydrogen-bond acceptors (Lipinski definition) is 4. The van der Waals surface area contributed by atoms with Gasteiger partial charge in [-0.1, -0.05) is 13.3 Å². The van der Waals surface area contributed by atoms with Crippen LogP contribution in [0.4, 0.5) is 4.39 Å². The number of nitrogens with zero attached hydrogens (tertiary/aromatic N) is 4. The predicted molar refractivity (Wildman–Crippen MR) is 105 cm³/mol. The van der Waals surface area contributed by atoms with Crippen LogP contribution in [-0.4, -0.2) is 36.7 Å². The molecular weight excluding hydrogens is 359 g/mol. The number of aromatic amines is 1. The third kappa shape index (κ3) is 3.11. The molecule has 4 rings (SSSR count). The van der Waals surface area contributed by atoms with Crippen LogP contribution in [0.1, 0.15) is 37.0 Å². The van der Waals surface area contributed by atoms with Gasteiger partial charge in [-0.2, -0.15) is 5.10 Å². The SMILES string of the molecule is CCCC(C)NC(=O)c1c[nH]c2ncc(-c3nn(C)c4cc(F)ccc34)nc12. The van der Waals surface area contributed by atoms with Gasteiger partial charge in [0, 0.05) is 24.7 Å². The van der Waals surface area contributed by atoms with Crippen molar-refractivity contribution in [1.29, 1.82) is 0 Å². The zero-order valence-corrected chi connectivity index (χ0v) is 16.0. The Hall–Kier alpha value is -3.29. The minimum Gasteiger partial charge on any atom is -0.349 e. The maximum absolute atomic E-state index is 13.6. The molecule has 1 aromatic carbocycles.